The fraction of sp³-hybridized carbons (Fsp3) is 0.429. The summed E-state index contributed by atoms with van der Waals surface area (Å²) in [4.78, 5) is 26.0. The Morgan fingerprint density at radius 2 is 2.17 bits per heavy atom. The maximum Gasteiger partial charge on any atom is 0.311 e. The highest BCUT2D eigenvalue weighted by molar-refractivity contribution is 5.92. The van der Waals surface area contributed by atoms with Crippen LogP contribution in [-0.4, -0.2) is 30.6 Å². The zero-order valence-electron chi connectivity index (χ0n) is 12.9. The molecule has 0 atom stereocenters. The second kappa shape index (κ2) is 6.60. The molecule has 0 aromatic carbocycles. The first kappa shape index (κ1) is 15.8. The number of carbonyl (C=O) groups excluding carboxylic acids is 1. The van der Waals surface area contributed by atoms with Gasteiger partial charge in [-0.15, -0.1) is 10.2 Å². The SMILES string of the molecule is Nc1nc(C(=O)NCc2nnc3n2CCCCC3)ccc1[N+](=O)[O-]. The highest BCUT2D eigenvalue weighted by atomic mass is 16.6. The molecule has 1 aliphatic rings. The molecule has 3 N–H and O–H groups in total. The van der Waals surface area contributed by atoms with Gasteiger partial charge in [0, 0.05) is 19.0 Å². The van der Waals surface area contributed by atoms with Crippen molar-refractivity contribution < 1.29 is 9.72 Å². The number of amides is 1. The van der Waals surface area contributed by atoms with Gasteiger partial charge in [0.15, 0.2) is 5.82 Å². The van der Waals surface area contributed by atoms with Crippen LogP contribution in [-0.2, 0) is 19.5 Å². The van der Waals surface area contributed by atoms with E-state index in [1.165, 1.54) is 12.1 Å². The van der Waals surface area contributed by atoms with E-state index in [0.717, 1.165) is 38.1 Å². The number of hydrogen-bond acceptors (Lipinski definition) is 7. The minimum absolute atomic E-state index is 0.0219. The van der Waals surface area contributed by atoms with Gasteiger partial charge in [-0.25, -0.2) is 4.98 Å². The molecule has 10 nitrogen and oxygen atoms in total. The normalized spacial score (nSPS) is 13.8. The molecule has 1 aliphatic heterocycles. The van der Waals surface area contributed by atoms with Crippen LogP contribution in [0.25, 0.3) is 0 Å². The Kier molecular flexibility index (Phi) is 4.36. The Balaban J connectivity index is 1.69. The number of fused-ring (bicyclic) bond motifs is 1. The highest BCUT2D eigenvalue weighted by Gasteiger charge is 2.18. The van der Waals surface area contributed by atoms with Crippen molar-refractivity contribution in [1.29, 1.82) is 0 Å². The molecule has 0 saturated heterocycles. The van der Waals surface area contributed by atoms with Gasteiger partial charge in [-0.3, -0.25) is 14.9 Å². The monoisotopic (exact) mass is 331 g/mol. The van der Waals surface area contributed by atoms with Gasteiger partial charge >= 0.3 is 5.69 Å². The summed E-state index contributed by atoms with van der Waals surface area (Å²) in [5.74, 6) is 0.871. The number of rotatable bonds is 4. The zero-order chi connectivity index (χ0) is 17.1. The van der Waals surface area contributed by atoms with Crippen molar-refractivity contribution in [3.05, 3.63) is 39.6 Å². The standard InChI is InChI=1S/C14H17N7O3/c15-13-10(21(23)24)6-5-9(17-13)14(22)16-8-12-19-18-11-4-2-1-3-7-20(11)12/h5-6H,1-4,7-8H2,(H2,15,17)(H,16,22). The molecule has 0 saturated carbocycles. The molecule has 0 unspecified atom stereocenters. The second-order valence-corrected chi connectivity index (χ2v) is 5.54. The number of aryl methyl sites for hydroxylation is 1. The van der Waals surface area contributed by atoms with Crippen LogP contribution in [0.5, 0.6) is 0 Å². The zero-order valence-corrected chi connectivity index (χ0v) is 12.9. The fourth-order valence-electron chi connectivity index (χ4n) is 2.67. The first-order chi connectivity index (χ1) is 11.6. The summed E-state index contributed by atoms with van der Waals surface area (Å²) in [6, 6.07) is 2.44. The van der Waals surface area contributed by atoms with E-state index in [4.69, 9.17) is 5.73 Å². The number of anilines is 1. The van der Waals surface area contributed by atoms with E-state index in [-0.39, 0.29) is 23.7 Å². The van der Waals surface area contributed by atoms with Crippen LogP contribution in [0.3, 0.4) is 0 Å². The number of pyridine rings is 1. The van der Waals surface area contributed by atoms with E-state index in [0.29, 0.717) is 5.82 Å². The largest absolute Gasteiger partial charge is 0.378 e. The number of nitro groups is 1. The lowest BCUT2D eigenvalue weighted by Crippen LogP contribution is -2.26. The lowest BCUT2D eigenvalue weighted by atomic mass is 10.2. The minimum Gasteiger partial charge on any atom is -0.378 e. The predicted molar refractivity (Wildman–Crippen MR) is 84.1 cm³/mol. The van der Waals surface area contributed by atoms with Crippen LogP contribution in [0.1, 0.15) is 41.4 Å². The Morgan fingerprint density at radius 3 is 2.92 bits per heavy atom. The van der Waals surface area contributed by atoms with Crippen LogP contribution in [0.4, 0.5) is 11.5 Å². The van der Waals surface area contributed by atoms with Crippen molar-refractivity contribution in [3.8, 4) is 0 Å². The van der Waals surface area contributed by atoms with Crippen molar-refractivity contribution in [2.75, 3.05) is 5.73 Å². The van der Waals surface area contributed by atoms with Crippen molar-refractivity contribution in [2.45, 2.75) is 38.8 Å². The topological polar surface area (TPSA) is 142 Å². The van der Waals surface area contributed by atoms with Crippen LogP contribution in [0, 0.1) is 10.1 Å². The van der Waals surface area contributed by atoms with Crippen LogP contribution in [0.2, 0.25) is 0 Å². The van der Waals surface area contributed by atoms with Gasteiger partial charge in [-0.2, -0.15) is 0 Å². The molecule has 3 heterocycles. The van der Waals surface area contributed by atoms with Crippen molar-refractivity contribution in [2.24, 2.45) is 0 Å². The molecule has 3 rings (SSSR count). The Labute approximate surface area is 137 Å². The predicted octanol–water partition coefficient (Wildman–Crippen LogP) is 0.820. The molecule has 1 amide bonds. The van der Waals surface area contributed by atoms with Gasteiger partial charge in [-0.05, 0) is 18.9 Å². The molecule has 2 aromatic rings. The van der Waals surface area contributed by atoms with Crippen LogP contribution < -0.4 is 11.1 Å². The maximum atomic E-state index is 12.2. The van der Waals surface area contributed by atoms with E-state index in [1.54, 1.807) is 0 Å². The van der Waals surface area contributed by atoms with Crippen LogP contribution in [0.15, 0.2) is 12.1 Å². The Hall–Kier alpha value is -3.04. The lowest BCUT2D eigenvalue weighted by Gasteiger charge is -2.08. The van der Waals surface area contributed by atoms with Crippen molar-refractivity contribution in [1.82, 2.24) is 25.1 Å². The van der Waals surface area contributed by atoms with E-state index in [2.05, 4.69) is 20.5 Å². The number of nitrogens with zero attached hydrogens (tertiary/aromatic N) is 5. The van der Waals surface area contributed by atoms with Gasteiger partial charge in [0.1, 0.15) is 11.5 Å². The molecule has 0 fully saturated rings. The summed E-state index contributed by atoms with van der Waals surface area (Å²) in [6.07, 6.45) is 4.20. The van der Waals surface area contributed by atoms with E-state index in [1.807, 2.05) is 4.57 Å². The molecule has 0 spiro atoms. The third-order valence-corrected chi connectivity index (χ3v) is 3.92. The quantitative estimate of drug-likeness (QED) is 0.623. The Morgan fingerprint density at radius 1 is 1.33 bits per heavy atom. The number of carbonyl (C=O) groups is 1. The molecule has 24 heavy (non-hydrogen) atoms. The van der Waals surface area contributed by atoms with E-state index >= 15 is 0 Å². The van der Waals surface area contributed by atoms with E-state index in [9.17, 15) is 14.9 Å². The van der Waals surface area contributed by atoms with Crippen LogP contribution >= 0.6 is 0 Å². The summed E-state index contributed by atoms with van der Waals surface area (Å²) in [5, 5.41) is 21.7. The third kappa shape index (κ3) is 3.16. The fourth-order valence-corrected chi connectivity index (χ4v) is 2.67. The van der Waals surface area contributed by atoms with Gasteiger partial charge in [0.05, 0.1) is 11.5 Å². The molecule has 0 bridgehead atoms. The first-order valence-electron chi connectivity index (χ1n) is 7.66. The highest BCUT2D eigenvalue weighted by Crippen LogP contribution is 2.18. The lowest BCUT2D eigenvalue weighted by molar-refractivity contribution is -0.384. The summed E-state index contributed by atoms with van der Waals surface area (Å²) in [5.41, 5.74) is 5.20. The van der Waals surface area contributed by atoms with Gasteiger partial charge < -0.3 is 15.6 Å². The van der Waals surface area contributed by atoms with Gasteiger partial charge in [0.2, 0.25) is 5.82 Å². The molecule has 0 radical (unpaired) electrons. The smallest absolute Gasteiger partial charge is 0.311 e. The molecular weight excluding hydrogens is 314 g/mol. The summed E-state index contributed by atoms with van der Waals surface area (Å²) in [7, 11) is 0. The maximum absolute atomic E-state index is 12.2. The summed E-state index contributed by atoms with van der Waals surface area (Å²) >= 11 is 0. The number of nitrogens with two attached hydrogens (primary N) is 1. The molecular formula is C14H17N7O3. The minimum atomic E-state index is -0.643. The molecule has 0 aliphatic carbocycles. The Bertz CT molecular complexity index is 787. The summed E-state index contributed by atoms with van der Waals surface area (Å²) < 4.78 is 2.03. The number of hydrogen-bond donors (Lipinski definition) is 2. The van der Waals surface area contributed by atoms with Crippen molar-refractivity contribution >= 4 is 17.4 Å². The average molecular weight is 331 g/mol. The van der Waals surface area contributed by atoms with Crippen molar-refractivity contribution in [3.63, 3.8) is 0 Å². The van der Waals surface area contributed by atoms with Gasteiger partial charge in [-0.1, -0.05) is 6.42 Å². The molecule has 2 aromatic heterocycles. The van der Waals surface area contributed by atoms with Gasteiger partial charge in [0.25, 0.3) is 5.91 Å². The number of nitrogen functional groups attached to an aromatic ring is 1. The van der Waals surface area contributed by atoms with E-state index < -0.39 is 10.8 Å². The number of nitrogens with one attached hydrogen (secondary N) is 1. The summed E-state index contributed by atoms with van der Waals surface area (Å²) in [6.45, 7) is 1.06. The average Bonchev–Trinajstić information content (AvgIpc) is 2.78. The second-order valence-electron chi connectivity index (χ2n) is 5.54. The molecule has 10 heteroatoms. The third-order valence-electron chi connectivity index (χ3n) is 3.92. The molecule has 126 valence electrons. The first-order valence-corrected chi connectivity index (χ1v) is 7.66. The number of aromatic nitrogens is 4.